The van der Waals surface area contributed by atoms with Crippen molar-refractivity contribution >= 4 is 38.3 Å². The number of H-pyrrole nitrogens is 1. The third-order valence-corrected chi connectivity index (χ3v) is 9.28. The quantitative estimate of drug-likeness (QED) is 0.403. The van der Waals surface area contributed by atoms with E-state index in [1.165, 1.54) is 15.6 Å². The fourth-order valence-electron chi connectivity index (χ4n) is 4.32. The summed E-state index contributed by atoms with van der Waals surface area (Å²) in [6.07, 6.45) is 1.24. The molecule has 5 rings (SSSR count). The van der Waals surface area contributed by atoms with Gasteiger partial charge in [0.1, 0.15) is 5.82 Å². The van der Waals surface area contributed by atoms with Crippen molar-refractivity contribution in [1.29, 1.82) is 0 Å². The highest BCUT2D eigenvalue weighted by Crippen LogP contribution is 2.35. The predicted molar refractivity (Wildman–Crippen MR) is 131 cm³/mol. The Kier molecular flexibility index (Phi) is 6.20. The molecule has 4 aromatic rings. The first-order valence-electron chi connectivity index (χ1n) is 11.3. The number of aryl methyl sites for hydroxylation is 3. The first kappa shape index (κ1) is 23.6. The van der Waals surface area contributed by atoms with Gasteiger partial charge < -0.3 is 14.8 Å². The number of fused-ring (bicyclic) bond motifs is 1. The topological polar surface area (TPSA) is 134 Å². The van der Waals surface area contributed by atoms with Crippen LogP contribution in [-0.4, -0.2) is 51.8 Å². The highest BCUT2D eigenvalue weighted by Gasteiger charge is 2.35. The fourth-order valence-corrected chi connectivity index (χ4v) is 7.33. The lowest BCUT2D eigenvalue weighted by atomic mass is 9.99. The molecule has 0 spiro atoms. The summed E-state index contributed by atoms with van der Waals surface area (Å²) in [6.45, 7) is 6.22. The van der Waals surface area contributed by atoms with Gasteiger partial charge in [-0.1, -0.05) is 11.2 Å². The van der Waals surface area contributed by atoms with Crippen molar-refractivity contribution in [3.05, 3.63) is 46.4 Å². The highest BCUT2D eigenvalue weighted by atomic mass is 32.2. The van der Waals surface area contributed by atoms with Gasteiger partial charge in [0.15, 0.2) is 0 Å². The molecule has 184 valence electrons. The smallest absolute Gasteiger partial charge is 0.244 e. The molecule has 2 N–H and O–H groups in total. The van der Waals surface area contributed by atoms with Crippen LogP contribution in [0.25, 0.3) is 21.7 Å². The van der Waals surface area contributed by atoms with Gasteiger partial charge in [0.05, 0.1) is 33.3 Å². The summed E-state index contributed by atoms with van der Waals surface area (Å²) >= 11 is 1.31. The van der Waals surface area contributed by atoms with Crippen LogP contribution in [0.2, 0.25) is 0 Å². The minimum Gasteiger partial charge on any atom is -0.349 e. The van der Waals surface area contributed by atoms with Gasteiger partial charge in [0.25, 0.3) is 0 Å². The van der Waals surface area contributed by atoms with E-state index in [-0.39, 0.29) is 23.9 Å². The number of sulfonamides is 1. The number of imidazole rings is 1. The maximum Gasteiger partial charge on any atom is 0.244 e. The van der Waals surface area contributed by atoms with Crippen LogP contribution in [0.3, 0.4) is 0 Å². The number of amides is 1. The van der Waals surface area contributed by atoms with Gasteiger partial charge in [0, 0.05) is 24.9 Å². The first-order valence-corrected chi connectivity index (χ1v) is 13.6. The number of nitrogens with zero attached hydrogens (tertiary/aromatic N) is 4. The predicted octanol–water partition coefficient (Wildman–Crippen LogP) is 3.32. The Morgan fingerprint density at radius 3 is 2.86 bits per heavy atom. The number of benzene rings is 1. The molecule has 0 unspecified atom stereocenters. The van der Waals surface area contributed by atoms with Gasteiger partial charge in [-0.2, -0.15) is 9.29 Å². The molecule has 1 aliphatic heterocycles. The monoisotopic (exact) mass is 514 g/mol. The van der Waals surface area contributed by atoms with Crippen molar-refractivity contribution in [2.24, 2.45) is 5.92 Å². The van der Waals surface area contributed by atoms with Crippen molar-refractivity contribution in [3.8, 4) is 10.7 Å². The number of hydrogen-bond acceptors (Lipinski definition) is 8. The molecular weight excluding hydrogens is 488 g/mol. The van der Waals surface area contributed by atoms with E-state index in [0.717, 1.165) is 16.6 Å². The Hall–Kier alpha value is -3.09. The van der Waals surface area contributed by atoms with Crippen LogP contribution in [0, 0.1) is 26.7 Å². The third kappa shape index (κ3) is 4.73. The van der Waals surface area contributed by atoms with E-state index < -0.39 is 15.9 Å². The van der Waals surface area contributed by atoms with Crippen molar-refractivity contribution in [2.45, 2.75) is 45.1 Å². The summed E-state index contributed by atoms with van der Waals surface area (Å²) in [7, 11) is -3.77. The van der Waals surface area contributed by atoms with E-state index in [4.69, 9.17) is 4.52 Å². The van der Waals surface area contributed by atoms with E-state index in [2.05, 4.69) is 25.4 Å². The summed E-state index contributed by atoms with van der Waals surface area (Å²) in [5, 5.41) is 6.81. The number of hydrogen-bond donors (Lipinski definition) is 2. The van der Waals surface area contributed by atoms with E-state index in [0.29, 0.717) is 46.7 Å². The Balaban J connectivity index is 1.27. The minimum atomic E-state index is -3.77. The van der Waals surface area contributed by atoms with Crippen LogP contribution in [0.4, 0.5) is 0 Å². The normalized spacial score (nSPS) is 17.2. The zero-order valence-electron chi connectivity index (χ0n) is 19.7. The van der Waals surface area contributed by atoms with Gasteiger partial charge >= 0.3 is 0 Å². The van der Waals surface area contributed by atoms with Crippen molar-refractivity contribution in [3.63, 3.8) is 0 Å². The molecule has 1 aliphatic rings. The summed E-state index contributed by atoms with van der Waals surface area (Å²) < 4.78 is 33.3. The number of carbonyl (C=O) groups is 1. The molecule has 1 amide bonds. The Morgan fingerprint density at radius 1 is 1.26 bits per heavy atom. The largest absolute Gasteiger partial charge is 0.349 e. The average molecular weight is 515 g/mol. The van der Waals surface area contributed by atoms with Gasteiger partial charge in [-0.25, -0.2) is 13.4 Å². The summed E-state index contributed by atoms with van der Waals surface area (Å²) in [5.74, 6) is 0.846. The lowest BCUT2D eigenvalue weighted by Crippen LogP contribution is -2.45. The van der Waals surface area contributed by atoms with Crippen molar-refractivity contribution < 1.29 is 17.7 Å². The molecular formula is C23H26N6O4S2. The highest BCUT2D eigenvalue weighted by molar-refractivity contribution is 7.89. The average Bonchev–Trinajstić information content (AvgIpc) is 3.55. The third-order valence-electron chi connectivity index (χ3n) is 6.11. The number of aromatic nitrogens is 4. The molecule has 4 heterocycles. The molecule has 10 nitrogen and oxygen atoms in total. The molecule has 0 bridgehead atoms. The molecule has 1 aromatic carbocycles. The Bertz CT molecular complexity index is 1500. The fraction of sp³-hybridized carbons (Fsp3) is 0.391. The van der Waals surface area contributed by atoms with Crippen LogP contribution in [0.5, 0.6) is 0 Å². The van der Waals surface area contributed by atoms with E-state index in [9.17, 15) is 13.2 Å². The first-order chi connectivity index (χ1) is 16.7. The lowest BCUT2D eigenvalue weighted by Gasteiger charge is -2.31. The molecule has 35 heavy (non-hydrogen) atoms. The summed E-state index contributed by atoms with van der Waals surface area (Å²) in [4.78, 5) is 26.3. The van der Waals surface area contributed by atoms with Crippen LogP contribution >= 0.6 is 11.3 Å². The molecule has 1 atom stereocenters. The van der Waals surface area contributed by atoms with E-state index in [1.54, 1.807) is 19.9 Å². The number of nitrogens with one attached hydrogen (secondary N) is 2. The maximum absolute atomic E-state index is 13.5. The maximum atomic E-state index is 13.5. The van der Waals surface area contributed by atoms with Crippen LogP contribution in [0.15, 0.2) is 33.7 Å². The van der Waals surface area contributed by atoms with Gasteiger partial charge in [-0.05, 0) is 50.5 Å². The van der Waals surface area contributed by atoms with Gasteiger partial charge in [-0.3, -0.25) is 4.79 Å². The number of thiophene rings is 1. The number of carbonyl (C=O) groups excluding carboxylic acids is 1. The van der Waals surface area contributed by atoms with Crippen LogP contribution < -0.4 is 5.32 Å². The molecule has 0 radical (unpaired) electrons. The summed E-state index contributed by atoms with van der Waals surface area (Å²) in [6, 6.07) is 7.53. The molecule has 12 heteroatoms. The van der Waals surface area contributed by atoms with Crippen molar-refractivity contribution in [1.82, 2.24) is 29.7 Å². The second kappa shape index (κ2) is 9.17. The second-order valence-electron chi connectivity index (χ2n) is 8.79. The van der Waals surface area contributed by atoms with Gasteiger partial charge in [0.2, 0.25) is 27.6 Å². The Labute approximate surface area is 206 Å². The Morgan fingerprint density at radius 2 is 2.09 bits per heavy atom. The van der Waals surface area contributed by atoms with Gasteiger partial charge in [-0.15, -0.1) is 11.3 Å². The number of rotatable bonds is 6. The molecule has 0 saturated carbocycles. The number of piperidine rings is 1. The SMILES string of the molecule is Cc1ccc2nc(CNC(=O)[C@H]3CCCN(S(=O)(=O)c4cc(-c5noc(C)n5)sc4C)C3)[nH]c2c1. The second-order valence-corrected chi connectivity index (χ2v) is 12.0. The summed E-state index contributed by atoms with van der Waals surface area (Å²) in [5.41, 5.74) is 2.89. The zero-order valence-corrected chi connectivity index (χ0v) is 21.3. The molecule has 1 fully saturated rings. The van der Waals surface area contributed by atoms with Crippen LogP contribution in [-0.2, 0) is 21.4 Å². The van der Waals surface area contributed by atoms with Crippen molar-refractivity contribution in [2.75, 3.05) is 13.1 Å². The molecule has 3 aromatic heterocycles. The molecule has 0 aliphatic carbocycles. The molecule has 1 saturated heterocycles. The van der Waals surface area contributed by atoms with Crippen LogP contribution in [0.1, 0.15) is 35.0 Å². The number of aromatic amines is 1. The minimum absolute atomic E-state index is 0.138. The van der Waals surface area contributed by atoms with E-state index >= 15 is 0 Å². The standard InChI is InChI=1S/C23H26N6O4S2/c1-13-6-7-17-18(9-13)27-21(26-17)11-24-23(30)16-5-4-8-29(12-16)35(31,32)20-10-19(34-14(20)2)22-25-15(3)33-28-22/h6-7,9-10,16H,4-5,8,11-12H2,1-3H3,(H,24,30)(H,26,27)/t16-/m0/s1. The zero-order chi connectivity index (χ0) is 24.7. The lowest BCUT2D eigenvalue weighted by molar-refractivity contribution is -0.126. The van der Waals surface area contributed by atoms with E-state index in [1.807, 2.05) is 25.1 Å².